The third-order valence-corrected chi connectivity index (χ3v) is 4.27. The maximum absolute atomic E-state index is 13.6. The first-order valence-corrected chi connectivity index (χ1v) is 7.24. The van der Waals surface area contributed by atoms with Gasteiger partial charge in [0, 0.05) is 18.2 Å². The fourth-order valence-corrected chi connectivity index (χ4v) is 3.12. The maximum atomic E-state index is 13.6. The Balaban J connectivity index is 2.04. The number of halogens is 1. The fraction of sp³-hybridized carbons (Fsp3) is 0.600. The van der Waals surface area contributed by atoms with E-state index in [0.717, 1.165) is 25.7 Å². The topological polar surface area (TPSA) is 75.4 Å². The molecular formula is C15H21FN2O3. The van der Waals surface area contributed by atoms with Crippen LogP contribution in [0.1, 0.15) is 38.2 Å². The monoisotopic (exact) mass is 296 g/mol. The molecule has 0 bridgehead atoms. The number of nitrogens with zero attached hydrogens (tertiary/aromatic N) is 1. The average Bonchev–Trinajstić information content (AvgIpc) is 2.45. The molecule has 0 spiro atoms. The zero-order valence-electron chi connectivity index (χ0n) is 12.1. The Morgan fingerprint density at radius 1 is 1.57 bits per heavy atom. The van der Waals surface area contributed by atoms with E-state index < -0.39 is 16.4 Å². The Hall–Kier alpha value is -1.53. The molecule has 2 unspecified atom stereocenters. The number of hydrogen-bond donors (Lipinski definition) is 2. The Labute approximate surface area is 123 Å². The smallest absolute Gasteiger partial charge is 0.304 e. The Kier molecular flexibility index (Phi) is 4.90. The fourth-order valence-electron chi connectivity index (χ4n) is 3.12. The quantitative estimate of drug-likeness (QED) is 0.647. The number of aliphatic hydroxyl groups excluding tert-OH is 1. The first kappa shape index (κ1) is 15.9. The van der Waals surface area contributed by atoms with E-state index in [1.807, 2.05) is 0 Å². The minimum absolute atomic E-state index is 0.0484. The molecule has 5 nitrogen and oxygen atoms in total. The molecule has 2 atom stereocenters. The molecule has 0 aliphatic heterocycles. The molecule has 1 saturated carbocycles. The van der Waals surface area contributed by atoms with Crippen LogP contribution in [-0.4, -0.2) is 22.2 Å². The van der Waals surface area contributed by atoms with Crippen molar-refractivity contribution in [1.82, 2.24) is 5.32 Å². The van der Waals surface area contributed by atoms with E-state index in [4.69, 9.17) is 0 Å². The summed E-state index contributed by atoms with van der Waals surface area (Å²) in [5.41, 5.74) is -0.193. The van der Waals surface area contributed by atoms with E-state index >= 15 is 0 Å². The molecule has 1 aliphatic rings. The van der Waals surface area contributed by atoms with Crippen molar-refractivity contribution in [1.29, 1.82) is 0 Å². The second-order valence-electron chi connectivity index (χ2n) is 6.04. The average molecular weight is 296 g/mol. The van der Waals surface area contributed by atoms with Crippen LogP contribution in [0.25, 0.3) is 0 Å². The number of benzene rings is 1. The van der Waals surface area contributed by atoms with Crippen LogP contribution in [0.15, 0.2) is 18.2 Å². The Morgan fingerprint density at radius 2 is 2.33 bits per heavy atom. The number of nitro benzene ring substituents is 1. The molecule has 0 saturated heterocycles. The van der Waals surface area contributed by atoms with Gasteiger partial charge in [0.15, 0.2) is 0 Å². The van der Waals surface area contributed by atoms with Gasteiger partial charge < -0.3 is 10.4 Å². The Bertz CT molecular complexity index is 524. The van der Waals surface area contributed by atoms with Gasteiger partial charge in [-0.2, -0.15) is 4.39 Å². The molecule has 0 amide bonds. The minimum atomic E-state index is -0.825. The van der Waals surface area contributed by atoms with Crippen LogP contribution >= 0.6 is 0 Å². The third-order valence-electron chi connectivity index (χ3n) is 4.27. The molecule has 2 N–H and O–H groups in total. The van der Waals surface area contributed by atoms with Gasteiger partial charge in [-0.1, -0.05) is 25.8 Å². The largest absolute Gasteiger partial charge is 0.394 e. The first-order valence-electron chi connectivity index (χ1n) is 7.24. The van der Waals surface area contributed by atoms with Crippen LogP contribution in [0.5, 0.6) is 0 Å². The van der Waals surface area contributed by atoms with E-state index in [0.29, 0.717) is 18.0 Å². The Morgan fingerprint density at radius 3 is 2.90 bits per heavy atom. The number of rotatable bonds is 5. The van der Waals surface area contributed by atoms with Crippen molar-refractivity contribution in [3.8, 4) is 0 Å². The SMILES string of the molecule is CC1CCCC(CO)(NCc2ccc([N+](=O)[O-])c(F)c2)C1. The normalized spacial score (nSPS) is 25.8. The van der Waals surface area contributed by atoms with Crippen molar-refractivity contribution < 1.29 is 14.4 Å². The van der Waals surface area contributed by atoms with Gasteiger partial charge in [-0.05, 0) is 30.4 Å². The molecule has 6 heteroatoms. The second-order valence-corrected chi connectivity index (χ2v) is 6.04. The molecular weight excluding hydrogens is 275 g/mol. The van der Waals surface area contributed by atoms with Gasteiger partial charge >= 0.3 is 5.69 Å². The summed E-state index contributed by atoms with van der Waals surface area (Å²) in [7, 11) is 0. The lowest BCUT2D eigenvalue weighted by Crippen LogP contribution is -2.51. The van der Waals surface area contributed by atoms with Crippen LogP contribution in [0.2, 0.25) is 0 Å². The van der Waals surface area contributed by atoms with Crippen LogP contribution in [-0.2, 0) is 6.54 Å². The molecule has 2 rings (SSSR count). The van der Waals surface area contributed by atoms with E-state index in [-0.39, 0.29) is 12.1 Å². The van der Waals surface area contributed by atoms with Crippen LogP contribution < -0.4 is 5.32 Å². The zero-order chi connectivity index (χ0) is 15.5. The highest BCUT2D eigenvalue weighted by atomic mass is 19.1. The van der Waals surface area contributed by atoms with E-state index in [1.165, 1.54) is 12.1 Å². The lowest BCUT2D eigenvalue weighted by atomic mass is 9.77. The summed E-state index contributed by atoms with van der Waals surface area (Å²) in [6, 6.07) is 3.91. The van der Waals surface area contributed by atoms with Crippen LogP contribution in [0.3, 0.4) is 0 Å². The van der Waals surface area contributed by atoms with Crippen molar-refractivity contribution in [2.45, 2.75) is 44.7 Å². The molecule has 0 heterocycles. The summed E-state index contributed by atoms with van der Waals surface area (Å²) < 4.78 is 13.6. The highest BCUT2D eigenvalue weighted by molar-refractivity contribution is 5.35. The number of aliphatic hydroxyl groups is 1. The van der Waals surface area contributed by atoms with Gasteiger partial charge in [-0.3, -0.25) is 10.1 Å². The summed E-state index contributed by atoms with van der Waals surface area (Å²) >= 11 is 0. The molecule has 1 aromatic rings. The number of nitro groups is 1. The van der Waals surface area contributed by atoms with Crippen LogP contribution in [0, 0.1) is 21.8 Å². The maximum Gasteiger partial charge on any atom is 0.304 e. The van der Waals surface area contributed by atoms with Gasteiger partial charge in [-0.15, -0.1) is 0 Å². The third kappa shape index (κ3) is 3.77. The molecule has 1 aliphatic carbocycles. The summed E-state index contributed by atoms with van der Waals surface area (Å²) in [6.07, 6.45) is 4.00. The summed E-state index contributed by atoms with van der Waals surface area (Å²) in [6.45, 7) is 2.60. The van der Waals surface area contributed by atoms with Gasteiger partial charge in [0.25, 0.3) is 0 Å². The molecule has 0 aromatic heterocycles. The lowest BCUT2D eigenvalue weighted by Gasteiger charge is -2.39. The highest BCUT2D eigenvalue weighted by Crippen LogP contribution is 2.32. The van der Waals surface area contributed by atoms with Crippen molar-refractivity contribution in [2.24, 2.45) is 5.92 Å². The molecule has 1 aromatic carbocycles. The zero-order valence-corrected chi connectivity index (χ0v) is 12.1. The van der Waals surface area contributed by atoms with Crippen molar-refractivity contribution in [2.75, 3.05) is 6.61 Å². The van der Waals surface area contributed by atoms with Crippen molar-refractivity contribution >= 4 is 5.69 Å². The minimum Gasteiger partial charge on any atom is -0.394 e. The van der Waals surface area contributed by atoms with Gasteiger partial charge in [0.2, 0.25) is 5.82 Å². The lowest BCUT2D eigenvalue weighted by molar-refractivity contribution is -0.387. The second kappa shape index (κ2) is 6.49. The predicted molar refractivity (Wildman–Crippen MR) is 77.3 cm³/mol. The number of hydrogen-bond acceptors (Lipinski definition) is 4. The summed E-state index contributed by atoms with van der Waals surface area (Å²) in [5, 5.41) is 23.6. The first-order chi connectivity index (χ1) is 9.96. The van der Waals surface area contributed by atoms with Gasteiger partial charge in [-0.25, -0.2) is 0 Å². The predicted octanol–water partition coefficient (Wildman–Crippen LogP) is 2.76. The van der Waals surface area contributed by atoms with E-state index in [9.17, 15) is 19.6 Å². The van der Waals surface area contributed by atoms with Crippen LogP contribution in [0.4, 0.5) is 10.1 Å². The highest BCUT2D eigenvalue weighted by Gasteiger charge is 2.33. The summed E-state index contributed by atoms with van der Waals surface area (Å²) in [4.78, 5) is 9.86. The standard InChI is InChI=1S/C15H21FN2O3/c1-11-3-2-6-15(8-11,10-19)17-9-12-4-5-14(18(20)21)13(16)7-12/h4-5,7,11,17,19H,2-3,6,8-10H2,1H3. The van der Waals surface area contributed by atoms with E-state index in [2.05, 4.69) is 12.2 Å². The number of nitrogens with one attached hydrogen (secondary N) is 1. The van der Waals surface area contributed by atoms with Crippen molar-refractivity contribution in [3.05, 3.63) is 39.7 Å². The molecule has 1 fully saturated rings. The summed E-state index contributed by atoms with van der Waals surface area (Å²) in [5.74, 6) is -0.277. The molecule has 21 heavy (non-hydrogen) atoms. The molecule has 0 radical (unpaired) electrons. The van der Waals surface area contributed by atoms with Crippen molar-refractivity contribution in [3.63, 3.8) is 0 Å². The van der Waals surface area contributed by atoms with E-state index in [1.54, 1.807) is 6.07 Å². The molecule has 116 valence electrons. The van der Waals surface area contributed by atoms with Gasteiger partial charge in [0.1, 0.15) is 0 Å². The van der Waals surface area contributed by atoms with Gasteiger partial charge in [0.05, 0.1) is 11.5 Å².